The lowest BCUT2D eigenvalue weighted by Crippen LogP contribution is -2.44. The largest absolute Gasteiger partial charge is 0.352 e. The molecule has 0 atom stereocenters. The van der Waals surface area contributed by atoms with Crippen LogP contribution in [0.25, 0.3) is 10.8 Å². The van der Waals surface area contributed by atoms with Crippen LogP contribution in [0.2, 0.25) is 0 Å². The molecule has 2 aromatic rings. The molecule has 1 fully saturated rings. The number of nitrogens with one attached hydrogen (secondary N) is 1. The fraction of sp³-hybridized carbons (Fsp3) is 0.400. The van der Waals surface area contributed by atoms with Gasteiger partial charge in [-0.15, -0.1) is 0 Å². The van der Waals surface area contributed by atoms with Crippen LogP contribution in [0, 0.1) is 5.92 Å². The van der Waals surface area contributed by atoms with Gasteiger partial charge in [0.2, 0.25) is 5.91 Å². The molecule has 1 aliphatic carbocycles. The minimum atomic E-state index is -0.0748. The van der Waals surface area contributed by atoms with Gasteiger partial charge in [-0.25, -0.2) is 0 Å². The summed E-state index contributed by atoms with van der Waals surface area (Å²) in [6, 6.07) is 11.9. The molecule has 0 radical (unpaired) electrons. The zero-order chi connectivity index (χ0) is 16.7. The van der Waals surface area contributed by atoms with Crippen LogP contribution in [-0.2, 0) is 4.79 Å². The van der Waals surface area contributed by atoms with Gasteiger partial charge in [0.25, 0.3) is 5.91 Å². The normalized spacial score (nSPS) is 22.9. The summed E-state index contributed by atoms with van der Waals surface area (Å²) in [7, 11) is 0. The second kappa shape index (κ2) is 5.93. The Morgan fingerprint density at radius 3 is 2.58 bits per heavy atom. The molecule has 1 saturated carbocycles. The molecule has 1 heterocycles. The molecule has 1 aliphatic heterocycles. The summed E-state index contributed by atoms with van der Waals surface area (Å²) in [5.41, 5.74) is 1.54. The maximum Gasteiger partial charge on any atom is 0.259 e. The van der Waals surface area contributed by atoms with Gasteiger partial charge in [0.1, 0.15) is 6.54 Å². The Morgan fingerprint density at radius 1 is 1.12 bits per heavy atom. The smallest absolute Gasteiger partial charge is 0.259 e. The first-order chi connectivity index (χ1) is 11.6. The molecule has 0 spiro atoms. The lowest BCUT2D eigenvalue weighted by atomic mass is 9.87. The molecule has 1 N–H and O–H groups in total. The Bertz CT molecular complexity index is 801. The zero-order valence-corrected chi connectivity index (χ0v) is 13.9. The molecule has 124 valence electrons. The van der Waals surface area contributed by atoms with Crippen LogP contribution in [-0.4, -0.2) is 24.4 Å². The van der Waals surface area contributed by atoms with Gasteiger partial charge in [-0.1, -0.05) is 31.2 Å². The zero-order valence-electron chi connectivity index (χ0n) is 13.9. The molecule has 0 aromatic heterocycles. The highest BCUT2D eigenvalue weighted by Gasteiger charge is 2.31. The van der Waals surface area contributed by atoms with Crippen molar-refractivity contribution in [1.29, 1.82) is 0 Å². The standard InChI is InChI=1S/C20H22N2O2/c1-13-8-10-15(11-9-13)21-18(23)12-22-17-7-3-5-14-4-2-6-16(19(14)17)20(22)24/h2-7,13,15H,8-12H2,1H3,(H,21,23). The fourth-order valence-corrected chi connectivity index (χ4v) is 3.96. The van der Waals surface area contributed by atoms with Crippen molar-refractivity contribution < 1.29 is 9.59 Å². The highest BCUT2D eigenvalue weighted by molar-refractivity contribution is 6.26. The van der Waals surface area contributed by atoms with Gasteiger partial charge < -0.3 is 5.32 Å². The molecule has 4 nitrogen and oxygen atoms in total. The second-order valence-electron chi connectivity index (χ2n) is 7.10. The Morgan fingerprint density at radius 2 is 1.83 bits per heavy atom. The maximum absolute atomic E-state index is 12.7. The summed E-state index contributed by atoms with van der Waals surface area (Å²) in [5, 5.41) is 5.12. The number of amides is 2. The van der Waals surface area contributed by atoms with Crippen molar-refractivity contribution in [3.8, 4) is 0 Å². The Labute approximate surface area is 141 Å². The molecule has 2 aliphatic rings. The summed E-state index contributed by atoms with van der Waals surface area (Å²) < 4.78 is 0. The number of hydrogen-bond donors (Lipinski definition) is 1. The Balaban J connectivity index is 1.51. The number of carbonyl (C=O) groups is 2. The van der Waals surface area contributed by atoms with Crippen molar-refractivity contribution in [3.63, 3.8) is 0 Å². The number of rotatable bonds is 3. The molecular weight excluding hydrogens is 300 g/mol. The maximum atomic E-state index is 12.7. The van der Waals surface area contributed by atoms with Crippen molar-refractivity contribution in [2.45, 2.75) is 38.6 Å². The van der Waals surface area contributed by atoms with Crippen LogP contribution in [0.4, 0.5) is 5.69 Å². The van der Waals surface area contributed by atoms with Gasteiger partial charge in [-0.05, 0) is 49.1 Å². The summed E-state index contributed by atoms with van der Waals surface area (Å²) in [5.74, 6) is 0.618. The van der Waals surface area contributed by atoms with Gasteiger partial charge in [0.05, 0.1) is 5.69 Å². The predicted octanol–water partition coefficient (Wildman–Crippen LogP) is 3.49. The average Bonchev–Trinajstić information content (AvgIpc) is 2.85. The van der Waals surface area contributed by atoms with Gasteiger partial charge in [-0.3, -0.25) is 14.5 Å². The van der Waals surface area contributed by atoms with E-state index in [0.717, 1.165) is 35.2 Å². The van der Waals surface area contributed by atoms with Gasteiger partial charge in [-0.2, -0.15) is 0 Å². The van der Waals surface area contributed by atoms with Crippen LogP contribution in [0.1, 0.15) is 43.0 Å². The summed E-state index contributed by atoms with van der Waals surface area (Å²) in [4.78, 5) is 26.8. The summed E-state index contributed by atoms with van der Waals surface area (Å²) >= 11 is 0. The monoisotopic (exact) mass is 322 g/mol. The lowest BCUT2D eigenvalue weighted by Gasteiger charge is -2.27. The first-order valence-electron chi connectivity index (χ1n) is 8.76. The molecular formula is C20H22N2O2. The van der Waals surface area contributed by atoms with Crippen LogP contribution < -0.4 is 10.2 Å². The van der Waals surface area contributed by atoms with Crippen molar-refractivity contribution in [1.82, 2.24) is 5.32 Å². The van der Waals surface area contributed by atoms with Gasteiger partial charge in [0.15, 0.2) is 0 Å². The fourth-order valence-electron chi connectivity index (χ4n) is 3.96. The number of anilines is 1. The van der Waals surface area contributed by atoms with E-state index in [9.17, 15) is 9.59 Å². The Kier molecular flexibility index (Phi) is 3.75. The first-order valence-corrected chi connectivity index (χ1v) is 8.76. The average molecular weight is 322 g/mol. The summed E-state index contributed by atoms with van der Waals surface area (Å²) in [6.45, 7) is 2.36. The molecule has 4 heteroatoms. The number of carbonyl (C=O) groups excluding carboxylic acids is 2. The SMILES string of the molecule is CC1CCC(NC(=O)CN2C(=O)c3cccc4cccc2c34)CC1. The molecule has 24 heavy (non-hydrogen) atoms. The van der Waals surface area contributed by atoms with E-state index >= 15 is 0 Å². The molecule has 0 bridgehead atoms. The van der Waals surface area contributed by atoms with Gasteiger partial charge in [0, 0.05) is 17.0 Å². The molecule has 2 amide bonds. The van der Waals surface area contributed by atoms with E-state index < -0.39 is 0 Å². The third-order valence-electron chi connectivity index (χ3n) is 5.33. The van der Waals surface area contributed by atoms with Crippen LogP contribution in [0.3, 0.4) is 0 Å². The minimum absolute atomic E-state index is 0.0623. The van der Waals surface area contributed by atoms with E-state index in [1.54, 1.807) is 4.90 Å². The van der Waals surface area contributed by atoms with E-state index in [-0.39, 0.29) is 24.4 Å². The van der Waals surface area contributed by atoms with E-state index in [1.807, 2.05) is 36.4 Å². The quantitative estimate of drug-likeness (QED) is 0.940. The van der Waals surface area contributed by atoms with Crippen LogP contribution in [0.5, 0.6) is 0 Å². The predicted molar refractivity (Wildman–Crippen MR) is 95.2 cm³/mol. The molecule has 0 unspecified atom stereocenters. The van der Waals surface area contributed by atoms with E-state index in [4.69, 9.17) is 0 Å². The molecule has 2 aromatic carbocycles. The Hall–Kier alpha value is -2.36. The van der Waals surface area contributed by atoms with Crippen molar-refractivity contribution >= 4 is 28.3 Å². The van der Waals surface area contributed by atoms with Crippen molar-refractivity contribution in [2.75, 3.05) is 11.4 Å². The number of benzene rings is 2. The molecule has 4 rings (SSSR count). The van der Waals surface area contributed by atoms with E-state index in [0.29, 0.717) is 5.56 Å². The third kappa shape index (κ3) is 2.56. The van der Waals surface area contributed by atoms with Crippen LogP contribution >= 0.6 is 0 Å². The second-order valence-corrected chi connectivity index (χ2v) is 7.10. The lowest BCUT2D eigenvalue weighted by molar-refractivity contribution is -0.120. The van der Waals surface area contributed by atoms with Crippen molar-refractivity contribution in [2.24, 2.45) is 5.92 Å². The highest BCUT2D eigenvalue weighted by Crippen LogP contribution is 2.36. The molecule has 0 saturated heterocycles. The van der Waals surface area contributed by atoms with Gasteiger partial charge >= 0.3 is 0 Å². The van der Waals surface area contributed by atoms with Crippen LogP contribution in [0.15, 0.2) is 36.4 Å². The summed E-state index contributed by atoms with van der Waals surface area (Å²) in [6.07, 6.45) is 4.41. The highest BCUT2D eigenvalue weighted by atomic mass is 16.2. The topological polar surface area (TPSA) is 49.4 Å². The van der Waals surface area contributed by atoms with E-state index in [1.165, 1.54) is 12.8 Å². The number of nitrogens with zero attached hydrogens (tertiary/aromatic N) is 1. The first kappa shape index (κ1) is 15.2. The minimum Gasteiger partial charge on any atom is -0.352 e. The van der Waals surface area contributed by atoms with Crippen molar-refractivity contribution in [3.05, 3.63) is 42.0 Å². The van der Waals surface area contributed by atoms with E-state index in [2.05, 4.69) is 12.2 Å². The third-order valence-corrected chi connectivity index (χ3v) is 5.33. The number of hydrogen-bond acceptors (Lipinski definition) is 2.